The summed E-state index contributed by atoms with van der Waals surface area (Å²) in [5.41, 5.74) is 2.72. The largest absolute Gasteiger partial charge is 0.317 e. The molecule has 2 aliphatic heterocycles. The molecule has 0 spiro atoms. The van der Waals surface area contributed by atoms with Crippen molar-refractivity contribution in [3.63, 3.8) is 0 Å². The molecule has 1 aromatic heterocycles. The van der Waals surface area contributed by atoms with Gasteiger partial charge in [-0.05, 0) is 56.8 Å². The molecule has 1 aromatic carbocycles. The molecule has 1 amide bonds. The molecule has 3 heterocycles. The average Bonchev–Trinajstić information content (AvgIpc) is 3.03. The van der Waals surface area contributed by atoms with Crippen LogP contribution in [0.3, 0.4) is 0 Å². The van der Waals surface area contributed by atoms with Crippen LogP contribution < -0.4 is 10.2 Å². The van der Waals surface area contributed by atoms with Crippen LogP contribution in [0.25, 0.3) is 0 Å². The third kappa shape index (κ3) is 2.94. The molecule has 24 heavy (non-hydrogen) atoms. The second-order valence-corrected chi connectivity index (χ2v) is 6.61. The summed E-state index contributed by atoms with van der Waals surface area (Å²) in [6.45, 7) is 2.73. The van der Waals surface area contributed by atoms with E-state index >= 15 is 0 Å². The number of nitrogens with zero attached hydrogens (tertiary/aromatic N) is 4. The van der Waals surface area contributed by atoms with Crippen molar-refractivity contribution in [1.29, 1.82) is 0 Å². The van der Waals surface area contributed by atoms with Gasteiger partial charge < -0.3 is 10.2 Å². The lowest BCUT2D eigenvalue weighted by molar-refractivity contribution is 0.0982. The van der Waals surface area contributed by atoms with E-state index in [1.54, 1.807) is 0 Å². The predicted octanol–water partition coefficient (Wildman–Crippen LogP) is 2.19. The summed E-state index contributed by atoms with van der Waals surface area (Å²) in [5, 5.41) is 11.7. The molecule has 6 heteroatoms. The summed E-state index contributed by atoms with van der Waals surface area (Å²) >= 11 is 0. The van der Waals surface area contributed by atoms with Crippen molar-refractivity contribution in [2.45, 2.75) is 38.1 Å². The normalized spacial score (nSPS) is 18.9. The SMILES string of the molecule is O=C(c1cn(C2CCNCC2)nn1)N1CCCCc2ccccc21. The maximum atomic E-state index is 13.0. The molecule has 0 atom stereocenters. The topological polar surface area (TPSA) is 63.1 Å². The van der Waals surface area contributed by atoms with Crippen LogP contribution in [0.1, 0.15) is 47.8 Å². The van der Waals surface area contributed by atoms with Crippen molar-refractivity contribution >= 4 is 11.6 Å². The van der Waals surface area contributed by atoms with Gasteiger partial charge in [-0.15, -0.1) is 5.10 Å². The molecule has 0 radical (unpaired) electrons. The van der Waals surface area contributed by atoms with Crippen LogP contribution >= 0.6 is 0 Å². The molecule has 0 aliphatic carbocycles. The lowest BCUT2D eigenvalue weighted by atomic mass is 10.1. The third-order valence-electron chi connectivity index (χ3n) is 5.02. The molecule has 4 rings (SSSR count). The van der Waals surface area contributed by atoms with Gasteiger partial charge in [-0.25, -0.2) is 4.68 Å². The highest BCUT2D eigenvalue weighted by atomic mass is 16.2. The van der Waals surface area contributed by atoms with Crippen LogP contribution in [0.15, 0.2) is 30.5 Å². The Bertz CT molecular complexity index is 720. The molecule has 1 fully saturated rings. The van der Waals surface area contributed by atoms with Crippen molar-refractivity contribution in [2.24, 2.45) is 0 Å². The van der Waals surface area contributed by atoms with Crippen molar-refractivity contribution in [2.75, 3.05) is 24.5 Å². The molecular weight excluding hydrogens is 302 g/mol. The summed E-state index contributed by atoms with van der Waals surface area (Å²) in [5.74, 6) is -0.0375. The van der Waals surface area contributed by atoms with E-state index in [0.717, 1.165) is 57.4 Å². The fourth-order valence-corrected chi connectivity index (χ4v) is 3.66. The van der Waals surface area contributed by atoms with Crippen LogP contribution in [-0.4, -0.2) is 40.5 Å². The number of nitrogens with one attached hydrogen (secondary N) is 1. The Morgan fingerprint density at radius 2 is 2.00 bits per heavy atom. The number of fused-ring (bicyclic) bond motifs is 1. The van der Waals surface area contributed by atoms with Gasteiger partial charge in [0.05, 0.1) is 12.2 Å². The highest BCUT2D eigenvalue weighted by molar-refractivity contribution is 6.05. The number of anilines is 1. The monoisotopic (exact) mass is 325 g/mol. The lowest BCUT2D eigenvalue weighted by Crippen LogP contribution is -2.32. The first-order valence-corrected chi connectivity index (χ1v) is 8.85. The minimum Gasteiger partial charge on any atom is -0.317 e. The van der Waals surface area contributed by atoms with Crippen molar-refractivity contribution < 1.29 is 4.79 Å². The average molecular weight is 325 g/mol. The zero-order chi connectivity index (χ0) is 16.4. The summed E-state index contributed by atoms with van der Waals surface area (Å²) < 4.78 is 1.87. The summed E-state index contributed by atoms with van der Waals surface area (Å²) in [6.07, 6.45) is 7.05. The number of carbonyl (C=O) groups is 1. The van der Waals surface area contributed by atoms with E-state index in [9.17, 15) is 4.79 Å². The molecule has 0 bridgehead atoms. The van der Waals surface area contributed by atoms with E-state index < -0.39 is 0 Å². The molecule has 0 saturated carbocycles. The Hall–Kier alpha value is -2.21. The standard InChI is InChI=1S/C18H23N5O/c24-18(16-13-23(21-20-16)15-8-10-19-11-9-15)22-12-4-3-6-14-5-1-2-7-17(14)22/h1-2,5,7,13,15,19H,3-4,6,8-12H2. The zero-order valence-electron chi connectivity index (χ0n) is 13.8. The summed E-state index contributed by atoms with van der Waals surface area (Å²) in [6, 6.07) is 8.54. The van der Waals surface area contributed by atoms with Gasteiger partial charge in [0.15, 0.2) is 5.69 Å². The van der Waals surface area contributed by atoms with E-state index in [4.69, 9.17) is 0 Å². The minimum atomic E-state index is -0.0375. The first-order chi connectivity index (χ1) is 11.8. The van der Waals surface area contributed by atoms with Crippen LogP contribution in [0, 0.1) is 0 Å². The molecular formula is C18H23N5O. The van der Waals surface area contributed by atoms with E-state index in [0.29, 0.717) is 11.7 Å². The van der Waals surface area contributed by atoms with Gasteiger partial charge >= 0.3 is 0 Å². The number of piperidine rings is 1. The Labute approximate surface area is 141 Å². The minimum absolute atomic E-state index is 0.0375. The van der Waals surface area contributed by atoms with Gasteiger partial charge in [0, 0.05) is 12.2 Å². The number of amides is 1. The highest BCUT2D eigenvalue weighted by Crippen LogP contribution is 2.27. The lowest BCUT2D eigenvalue weighted by Gasteiger charge is -2.22. The van der Waals surface area contributed by atoms with Crippen molar-refractivity contribution in [3.05, 3.63) is 41.7 Å². The van der Waals surface area contributed by atoms with Gasteiger partial charge in [-0.1, -0.05) is 23.4 Å². The molecule has 2 aliphatic rings. The zero-order valence-corrected chi connectivity index (χ0v) is 13.8. The smallest absolute Gasteiger partial charge is 0.280 e. The van der Waals surface area contributed by atoms with Crippen molar-refractivity contribution in [1.82, 2.24) is 20.3 Å². The summed E-state index contributed by atoms with van der Waals surface area (Å²) in [7, 11) is 0. The number of benzene rings is 1. The molecule has 2 aromatic rings. The van der Waals surface area contributed by atoms with Gasteiger partial charge in [-0.3, -0.25) is 4.79 Å². The number of hydrogen-bond acceptors (Lipinski definition) is 4. The molecule has 6 nitrogen and oxygen atoms in total. The Morgan fingerprint density at radius 1 is 1.17 bits per heavy atom. The molecule has 126 valence electrons. The number of para-hydroxylation sites is 1. The summed E-state index contributed by atoms with van der Waals surface area (Å²) in [4.78, 5) is 14.9. The van der Waals surface area contributed by atoms with Gasteiger partial charge in [0.25, 0.3) is 5.91 Å². The van der Waals surface area contributed by atoms with E-state index in [-0.39, 0.29) is 5.91 Å². The number of carbonyl (C=O) groups excluding carboxylic acids is 1. The second-order valence-electron chi connectivity index (χ2n) is 6.61. The van der Waals surface area contributed by atoms with Crippen LogP contribution in [0.5, 0.6) is 0 Å². The van der Waals surface area contributed by atoms with Crippen LogP contribution in [0.4, 0.5) is 5.69 Å². The van der Waals surface area contributed by atoms with Crippen LogP contribution in [0.2, 0.25) is 0 Å². The fourth-order valence-electron chi connectivity index (χ4n) is 3.66. The van der Waals surface area contributed by atoms with Gasteiger partial charge in [0.1, 0.15) is 0 Å². The molecule has 1 saturated heterocycles. The van der Waals surface area contributed by atoms with E-state index in [1.807, 2.05) is 34.0 Å². The number of aromatic nitrogens is 3. The first kappa shape index (κ1) is 15.3. The Balaban J connectivity index is 1.58. The van der Waals surface area contributed by atoms with E-state index in [2.05, 4.69) is 21.7 Å². The Kier molecular flexibility index (Phi) is 4.30. The quantitative estimate of drug-likeness (QED) is 0.919. The van der Waals surface area contributed by atoms with Gasteiger partial charge in [0.2, 0.25) is 0 Å². The maximum Gasteiger partial charge on any atom is 0.280 e. The number of aryl methyl sites for hydroxylation is 1. The predicted molar refractivity (Wildman–Crippen MR) is 92.2 cm³/mol. The first-order valence-electron chi connectivity index (χ1n) is 8.85. The third-order valence-corrected chi connectivity index (χ3v) is 5.02. The number of hydrogen-bond donors (Lipinski definition) is 1. The Morgan fingerprint density at radius 3 is 2.88 bits per heavy atom. The fraction of sp³-hybridized carbons (Fsp3) is 0.500. The number of rotatable bonds is 2. The highest BCUT2D eigenvalue weighted by Gasteiger charge is 2.25. The van der Waals surface area contributed by atoms with Crippen molar-refractivity contribution in [3.8, 4) is 0 Å². The second kappa shape index (κ2) is 6.73. The van der Waals surface area contributed by atoms with Gasteiger partial charge in [-0.2, -0.15) is 0 Å². The van der Waals surface area contributed by atoms with Crippen LogP contribution in [-0.2, 0) is 6.42 Å². The van der Waals surface area contributed by atoms with E-state index in [1.165, 1.54) is 5.56 Å². The maximum absolute atomic E-state index is 13.0. The molecule has 1 N–H and O–H groups in total. The molecule has 0 unspecified atom stereocenters.